The van der Waals surface area contributed by atoms with Gasteiger partial charge >= 0.3 is 5.97 Å². The first-order valence-electron chi connectivity index (χ1n) is 4.06. The van der Waals surface area contributed by atoms with E-state index in [9.17, 15) is 9.59 Å². The minimum atomic E-state index is -1.20. The van der Waals surface area contributed by atoms with Gasteiger partial charge in [0, 0.05) is 12.3 Å². The maximum absolute atomic E-state index is 11.4. The second-order valence-corrected chi connectivity index (χ2v) is 3.73. The summed E-state index contributed by atoms with van der Waals surface area (Å²) < 4.78 is 0. The highest BCUT2D eigenvalue weighted by Crippen LogP contribution is 2.17. The van der Waals surface area contributed by atoms with Crippen molar-refractivity contribution < 1.29 is 14.7 Å². The zero-order chi connectivity index (χ0) is 12.1. The van der Waals surface area contributed by atoms with E-state index in [1.54, 1.807) is 6.26 Å². The number of nitrogens with zero attached hydrogens (tertiary/aromatic N) is 2. The molecule has 0 aliphatic rings. The van der Waals surface area contributed by atoms with Gasteiger partial charge in [-0.05, 0) is 12.3 Å². The fraction of sp³-hybridized carbons (Fsp3) is 0.111. The number of aliphatic carboxylic acids is 1. The van der Waals surface area contributed by atoms with Crippen LogP contribution in [0.3, 0.4) is 0 Å². The highest BCUT2D eigenvalue weighted by molar-refractivity contribution is 7.98. The standard InChI is InChI=1S/C9H7ClN2O3S/c1-16-9-11-4-5(8(10)12-9)6(13)2-3-7(14)15/h2-4H,1H3,(H,14,15)/b3-2+. The molecule has 1 aromatic heterocycles. The van der Waals surface area contributed by atoms with Crippen molar-refractivity contribution in [2.24, 2.45) is 0 Å². The van der Waals surface area contributed by atoms with Crippen LogP contribution in [0.15, 0.2) is 23.5 Å². The van der Waals surface area contributed by atoms with Gasteiger partial charge in [-0.2, -0.15) is 0 Å². The number of ketones is 1. The van der Waals surface area contributed by atoms with Crippen molar-refractivity contribution in [2.75, 3.05) is 6.26 Å². The Labute approximate surface area is 101 Å². The van der Waals surface area contributed by atoms with Crippen molar-refractivity contribution in [1.82, 2.24) is 9.97 Å². The fourth-order valence-electron chi connectivity index (χ4n) is 0.846. The third-order valence-corrected chi connectivity index (χ3v) is 2.40. The van der Waals surface area contributed by atoms with Crippen LogP contribution in [0.25, 0.3) is 0 Å². The first kappa shape index (κ1) is 12.7. The molecule has 0 aromatic carbocycles. The number of halogens is 1. The topological polar surface area (TPSA) is 80.2 Å². The lowest BCUT2D eigenvalue weighted by Gasteiger charge is -1.99. The average molecular weight is 259 g/mol. The molecule has 0 atom stereocenters. The van der Waals surface area contributed by atoms with Crippen LogP contribution >= 0.6 is 23.4 Å². The molecule has 0 spiro atoms. The van der Waals surface area contributed by atoms with Crippen molar-refractivity contribution >= 4 is 35.1 Å². The summed E-state index contributed by atoms with van der Waals surface area (Å²) >= 11 is 7.04. The Morgan fingerprint density at radius 1 is 1.50 bits per heavy atom. The van der Waals surface area contributed by atoms with Gasteiger partial charge in [-0.3, -0.25) is 4.79 Å². The molecular formula is C9H7ClN2O3S. The van der Waals surface area contributed by atoms with E-state index in [1.165, 1.54) is 18.0 Å². The molecule has 1 heterocycles. The third kappa shape index (κ3) is 3.32. The molecular weight excluding hydrogens is 252 g/mol. The number of carbonyl (C=O) groups excluding carboxylic acids is 1. The van der Waals surface area contributed by atoms with Gasteiger partial charge < -0.3 is 5.11 Å². The van der Waals surface area contributed by atoms with Gasteiger partial charge in [0.15, 0.2) is 10.9 Å². The van der Waals surface area contributed by atoms with Crippen LogP contribution < -0.4 is 0 Å². The number of hydrogen-bond acceptors (Lipinski definition) is 5. The van der Waals surface area contributed by atoms with Gasteiger partial charge in [0.05, 0.1) is 5.56 Å². The van der Waals surface area contributed by atoms with Crippen LogP contribution in [0.5, 0.6) is 0 Å². The van der Waals surface area contributed by atoms with E-state index in [4.69, 9.17) is 16.7 Å². The van der Waals surface area contributed by atoms with E-state index in [0.717, 1.165) is 12.2 Å². The van der Waals surface area contributed by atoms with E-state index < -0.39 is 11.8 Å². The maximum atomic E-state index is 11.4. The van der Waals surface area contributed by atoms with Crippen LogP contribution in [-0.2, 0) is 4.79 Å². The molecule has 0 amide bonds. The molecule has 1 N–H and O–H groups in total. The average Bonchev–Trinajstić information content (AvgIpc) is 2.25. The van der Waals surface area contributed by atoms with Crippen molar-refractivity contribution in [2.45, 2.75) is 5.16 Å². The Bertz CT molecular complexity index is 462. The summed E-state index contributed by atoms with van der Waals surface area (Å²) in [6.07, 6.45) is 4.69. The zero-order valence-corrected chi connectivity index (χ0v) is 9.75. The van der Waals surface area contributed by atoms with Gasteiger partial charge in [-0.25, -0.2) is 14.8 Å². The summed E-state index contributed by atoms with van der Waals surface area (Å²) in [4.78, 5) is 29.4. The summed E-state index contributed by atoms with van der Waals surface area (Å²) in [6, 6.07) is 0. The van der Waals surface area contributed by atoms with Gasteiger partial charge in [-0.15, -0.1) is 0 Å². The molecule has 0 fully saturated rings. The number of allylic oxidation sites excluding steroid dienone is 1. The fourth-order valence-corrected chi connectivity index (χ4v) is 1.46. The molecule has 0 aliphatic heterocycles. The molecule has 5 nitrogen and oxygen atoms in total. The summed E-state index contributed by atoms with van der Waals surface area (Å²) in [7, 11) is 0. The van der Waals surface area contributed by atoms with Crippen molar-refractivity contribution in [3.05, 3.63) is 29.1 Å². The molecule has 1 rings (SSSR count). The molecule has 84 valence electrons. The van der Waals surface area contributed by atoms with Crippen LogP contribution in [0.2, 0.25) is 5.15 Å². The molecule has 1 aromatic rings. The van der Waals surface area contributed by atoms with Crippen LogP contribution in [0.4, 0.5) is 0 Å². The van der Waals surface area contributed by atoms with E-state index >= 15 is 0 Å². The van der Waals surface area contributed by atoms with Crippen LogP contribution in [-0.4, -0.2) is 33.1 Å². The maximum Gasteiger partial charge on any atom is 0.328 e. The Morgan fingerprint density at radius 3 is 2.69 bits per heavy atom. The van der Waals surface area contributed by atoms with Gasteiger partial charge in [0.2, 0.25) is 0 Å². The Hall–Kier alpha value is -1.40. The predicted octanol–water partition coefficient (Wildman–Crippen LogP) is 1.68. The number of thioether (sulfide) groups is 1. The normalized spacial score (nSPS) is 10.6. The van der Waals surface area contributed by atoms with Crippen LogP contribution in [0.1, 0.15) is 10.4 Å². The zero-order valence-electron chi connectivity index (χ0n) is 8.18. The second kappa shape index (κ2) is 5.62. The highest BCUT2D eigenvalue weighted by atomic mass is 35.5. The SMILES string of the molecule is CSc1ncc(C(=O)/C=C/C(=O)O)c(Cl)n1. The molecule has 16 heavy (non-hydrogen) atoms. The molecule has 0 bridgehead atoms. The van der Waals surface area contributed by atoms with Crippen molar-refractivity contribution in [3.63, 3.8) is 0 Å². The minimum Gasteiger partial charge on any atom is -0.478 e. The lowest BCUT2D eigenvalue weighted by molar-refractivity contribution is -0.131. The van der Waals surface area contributed by atoms with E-state index in [-0.39, 0.29) is 10.7 Å². The number of carboxylic acid groups (broad SMARTS) is 1. The third-order valence-electron chi connectivity index (χ3n) is 1.55. The Balaban J connectivity index is 2.96. The Kier molecular flexibility index (Phi) is 4.45. The highest BCUT2D eigenvalue weighted by Gasteiger charge is 2.10. The molecule has 0 unspecified atom stereocenters. The van der Waals surface area contributed by atoms with E-state index in [0.29, 0.717) is 5.16 Å². The minimum absolute atomic E-state index is 0.0133. The molecule has 7 heteroatoms. The largest absolute Gasteiger partial charge is 0.478 e. The van der Waals surface area contributed by atoms with Gasteiger partial charge in [0.25, 0.3) is 0 Å². The molecule has 0 radical (unpaired) electrons. The lowest BCUT2D eigenvalue weighted by Crippen LogP contribution is -2.01. The number of rotatable bonds is 4. The quantitative estimate of drug-likeness (QED) is 0.291. The summed E-state index contributed by atoms with van der Waals surface area (Å²) in [5.74, 6) is -1.74. The van der Waals surface area contributed by atoms with E-state index in [1.807, 2.05) is 0 Å². The first-order valence-corrected chi connectivity index (χ1v) is 5.66. The second-order valence-electron chi connectivity index (χ2n) is 2.60. The number of carboxylic acids is 1. The summed E-state index contributed by atoms with van der Waals surface area (Å²) in [5, 5.41) is 8.82. The Morgan fingerprint density at radius 2 is 2.19 bits per heavy atom. The molecule has 0 saturated carbocycles. The summed E-state index contributed by atoms with van der Waals surface area (Å²) in [5.41, 5.74) is 0.0805. The smallest absolute Gasteiger partial charge is 0.328 e. The van der Waals surface area contributed by atoms with Crippen molar-refractivity contribution in [1.29, 1.82) is 0 Å². The van der Waals surface area contributed by atoms with E-state index in [2.05, 4.69) is 9.97 Å². The monoisotopic (exact) mass is 258 g/mol. The number of hydrogen-bond donors (Lipinski definition) is 1. The predicted molar refractivity (Wildman–Crippen MR) is 59.9 cm³/mol. The molecule has 0 saturated heterocycles. The lowest BCUT2D eigenvalue weighted by atomic mass is 10.2. The van der Waals surface area contributed by atoms with Gasteiger partial charge in [0.1, 0.15) is 5.15 Å². The first-order chi connectivity index (χ1) is 7.54. The van der Waals surface area contributed by atoms with Crippen molar-refractivity contribution in [3.8, 4) is 0 Å². The molecule has 0 aliphatic carbocycles. The van der Waals surface area contributed by atoms with Crippen LogP contribution in [0, 0.1) is 0 Å². The van der Waals surface area contributed by atoms with Gasteiger partial charge in [-0.1, -0.05) is 23.4 Å². The summed E-state index contributed by atoms with van der Waals surface area (Å²) in [6.45, 7) is 0. The number of carbonyl (C=O) groups is 2. The number of aromatic nitrogens is 2.